The number of allylic oxidation sites excluding steroid dienone is 1. The Morgan fingerprint density at radius 2 is 1.21 bits per heavy atom. The molecule has 9 aromatic carbocycles. The topological polar surface area (TPSA) is 42.8 Å². The number of furan rings is 1. The molecule has 0 saturated carbocycles. The Balaban J connectivity index is 1.16. The third-order valence-electron chi connectivity index (χ3n) is 12.8. The SMILES string of the molecule is CC1C/C=C(c2ccc3c(c2)sc2ccccc23)/N=C(c2c3ccccc3c(-n3c4ccccc4c4cc5ccccc5cc43)c3oc4ccccc4c23)\N=C/1c1ccccc1. The molecular weight excluding hydrogens is 775 g/mol. The van der Waals surface area contributed by atoms with Crippen molar-refractivity contribution in [2.24, 2.45) is 15.9 Å². The van der Waals surface area contributed by atoms with Crippen molar-refractivity contribution >= 4 is 114 Å². The van der Waals surface area contributed by atoms with Gasteiger partial charge in [0.1, 0.15) is 5.58 Å². The molecule has 0 saturated heterocycles. The minimum Gasteiger partial charge on any atom is -0.454 e. The van der Waals surface area contributed by atoms with Crippen LogP contribution in [0.3, 0.4) is 0 Å². The van der Waals surface area contributed by atoms with Crippen LogP contribution in [-0.2, 0) is 0 Å². The average molecular weight is 812 g/mol. The van der Waals surface area contributed by atoms with Crippen molar-refractivity contribution in [3.63, 3.8) is 0 Å². The van der Waals surface area contributed by atoms with Crippen LogP contribution in [0.5, 0.6) is 0 Å². The summed E-state index contributed by atoms with van der Waals surface area (Å²) in [6.07, 6.45) is 3.12. The Morgan fingerprint density at radius 1 is 0.532 bits per heavy atom. The van der Waals surface area contributed by atoms with Gasteiger partial charge >= 0.3 is 0 Å². The number of aliphatic imine (C=N–C) groups is 2. The van der Waals surface area contributed by atoms with Crippen molar-refractivity contribution < 1.29 is 4.42 Å². The molecule has 0 fully saturated rings. The van der Waals surface area contributed by atoms with E-state index in [0.717, 1.165) is 84.0 Å². The van der Waals surface area contributed by atoms with Crippen molar-refractivity contribution in [3.8, 4) is 5.69 Å². The van der Waals surface area contributed by atoms with Gasteiger partial charge in [-0.3, -0.25) is 0 Å². The standard InChI is InChI=1S/C57H37N3OS/c1-34-27-30-46(38-28-29-41-40-20-11-14-26-50(40)62-51(41)33-38)58-57(59-54(34)35-15-3-2-4-16-35)53-42-21-7-8-22-43(42)55(56-52(53)44-23-10-13-25-49(44)61-56)60-47-24-12-9-19-39(47)45-31-36-17-5-6-18-37(36)32-48(45)60/h2-26,28-34H,27H2,1H3/b46-30+,58-57-,59-54+. The van der Waals surface area contributed by atoms with Gasteiger partial charge in [0.15, 0.2) is 11.4 Å². The summed E-state index contributed by atoms with van der Waals surface area (Å²) in [5, 5.41) is 11.5. The van der Waals surface area contributed by atoms with Gasteiger partial charge in [-0.2, -0.15) is 0 Å². The number of para-hydroxylation sites is 2. The van der Waals surface area contributed by atoms with Crippen molar-refractivity contribution in [2.75, 3.05) is 0 Å². The predicted molar refractivity (Wildman–Crippen MR) is 264 cm³/mol. The summed E-state index contributed by atoms with van der Waals surface area (Å²) >= 11 is 1.83. The second-order valence-electron chi connectivity index (χ2n) is 16.5. The monoisotopic (exact) mass is 811 g/mol. The number of nitrogens with zero attached hydrogens (tertiary/aromatic N) is 3. The Morgan fingerprint density at radius 3 is 2.06 bits per heavy atom. The maximum Gasteiger partial charge on any atom is 0.161 e. The molecular formula is C57H37N3OS. The van der Waals surface area contributed by atoms with Crippen LogP contribution in [0.15, 0.2) is 202 Å². The highest BCUT2D eigenvalue weighted by Gasteiger charge is 2.28. The first kappa shape index (κ1) is 35.2. The molecule has 1 atom stereocenters. The van der Waals surface area contributed by atoms with Crippen LogP contribution in [-0.4, -0.2) is 16.1 Å². The number of rotatable bonds is 4. The van der Waals surface area contributed by atoms with E-state index in [0.29, 0.717) is 5.84 Å². The lowest BCUT2D eigenvalue weighted by Crippen LogP contribution is -2.17. The highest BCUT2D eigenvalue weighted by molar-refractivity contribution is 7.25. The third-order valence-corrected chi connectivity index (χ3v) is 14.0. The van der Waals surface area contributed by atoms with E-state index in [1.165, 1.54) is 41.7 Å². The maximum atomic E-state index is 7.17. The quantitative estimate of drug-likeness (QED) is 0.175. The van der Waals surface area contributed by atoms with Gasteiger partial charge in [0.25, 0.3) is 0 Å². The number of amidine groups is 1. The summed E-state index contributed by atoms with van der Waals surface area (Å²) < 4.78 is 12.1. The molecule has 0 N–H and O–H groups in total. The molecule has 13 rings (SSSR count). The lowest BCUT2D eigenvalue weighted by molar-refractivity contribution is 0.667. The second kappa shape index (κ2) is 13.7. The Hall–Kier alpha value is -7.60. The van der Waals surface area contributed by atoms with Crippen LogP contribution in [0.2, 0.25) is 0 Å². The number of aromatic nitrogens is 1. The Labute approximate surface area is 361 Å². The fourth-order valence-corrected chi connectivity index (χ4v) is 11.1. The Bertz CT molecular complexity index is 3920. The van der Waals surface area contributed by atoms with Gasteiger partial charge in [-0.25, -0.2) is 9.98 Å². The largest absolute Gasteiger partial charge is 0.454 e. The van der Waals surface area contributed by atoms with E-state index < -0.39 is 0 Å². The van der Waals surface area contributed by atoms with Crippen LogP contribution in [0.1, 0.15) is 30.0 Å². The van der Waals surface area contributed by atoms with Crippen molar-refractivity contribution in [2.45, 2.75) is 13.3 Å². The summed E-state index contributed by atoms with van der Waals surface area (Å²) in [7, 11) is 0. The van der Waals surface area contributed by atoms with Crippen LogP contribution >= 0.6 is 11.3 Å². The zero-order chi connectivity index (χ0) is 40.9. The molecule has 0 spiro atoms. The molecule has 1 aliphatic heterocycles. The molecule has 0 radical (unpaired) electrons. The van der Waals surface area contributed by atoms with E-state index in [1.807, 2.05) is 11.3 Å². The number of hydrogen-bond donors (Lipinski definition) is 0. The number of fused-ring (bicyclic) bond motifs is 11. The first-order valence-electron chi connectivity index (χ1n) is 21.3. The van der Waals surface area contributed by atoms with Gasteiger partial charge in [0, 0.05) is 64.1 Å². The van der Waals surface area contributed by atoms with E-state index in [-0.39, 0.29) is 5.92 Å². The second-order valence-corrected chi connectivity index (χ2v) is 17.6. The lowest BCUT2D eigenvalue weighted by Gasteiger charge is -2.20. The third kappa shape index (κ3) is 5.31. The molecule has 1 aliphatic rings. The predicted octanol–water partition coefficient (Wildman–Crippen LogP) is 15.7. The molecule has 4 heterocycles. The first-order chi connectivity index (χ1) is 30.7. The van der Waals surface area contributed by atoms with E-state index in [1.54, 1.807) is 0 Å². The summed E-state index contributed by atoms with van der Waals surface area (Å²) in [4.78, 5) is 11.4. The summed E-state index contributed by atoms with van der Waals surface area (Å²) in [5.41, 5.74) is 9.98. The maximum absolute atomic E-state index is 7.17. The molecule has 292 valence electrons. The van der Waals surface area contributed by atoms with Gasteiger partial charge in [-0.15, -0.1) is 11.3 Å². The Kier molecular flexibility index (Phi) is 7.78. The van der Waals surface area contributed by atoms with Crippen LogP contribution in [0.4, 0.5) is 0 Å². The van der Waals surface area contributed by atoms with Crippen LogP contribution < -0.4 is 0 Å². The van der Waals surface area contributed by atoms with E-state index >= 15 is 0 Å². The van der Waals surface area contributed by atoms with Crippen LogP contribution in [0.25, 0.3) is 96.8 Å². The highest BCUT2D eigenvalue weighted by atomic mass is 32.1. The average Bonchev–Trinajstić information content (AvgIpc) is 3.99. The molecule has 0 bridgehead atoms. The smallest absolute Gasteiger partial charge is 0.161 e. The zero-order valence-electron chi connectivity index (χ0n) is 33.8. The van der Waals surface area contributed by atoms with Gasteiger partial charge in [-0.05, 0) is 64.5 Å². The van der Waals surface area contributed by atoms with Crippen molar-refractivity contribution in [1.82, 2.24) is 4.57 Å². The lowest BCUT2D eigenvalue weighted by atomic mass is 9.92. The number of hydrogen-bond acceptors (Lipinski definition) is 4. The molecule has 0 aliphatic carbocycles. The van der Waals surface area contributed by atoms with E-state index in [4.69, 9.17) is 14.4 Å². The molecule has 5 heteroatoms. The molecule has 0 amide bonds. The van der Waals surface area contributed by atoms with E-state index in [2.05, 4.69) is 200 Å². The van der Waals surface area contributed by atoms with Gasteiger partial charge in [0.05, 0.1) is 28.1 Å². The van der Waals surface area contributed by atoms with E-state index in [9.17, 15) is 0 Å². The van der Waals surface area contributed by atoms with Crippen molar-refractivity contribution in [3.05, 3.63) is 205 Å². The van der Waals surface area contributed by atoms with Crippen LogP contribution in [0, 0.1) is 5.92 Å². The first-order valence-corrected chi connectivity index (χ1v) is 22.1. The van der Waals surface area contributed by atoms with Gasteiger partial charge in [-0.1, -0.05) is 159 Å². The molecule has 3 aromatic heterocycles. The molecule has 62 heavy (non-hydrogen) atoms. The van der Waals surface area contributed by atoms with Gasteiger partial charge in [0.2, 0.25) is 0 Å². The number of thiophene rings is 1. The minimum atomic E-state index is 0.125. The fourth-order valence-electron chi connectivity index (χ4n) is 9.92. The zero-order valence-corrected chi connectivity index (χ0v) is 34.7. The summed E-state index contributed by atoms with van der Waals surface area (Å²) in [5.74, 6) is 0.797. The molecule has 4 nitrogen and oxygen atoms in total. The minimum absolute atomic E-state index is 0.125. The fraction of sp³-hybridized carbons (Fsp3) is 0.0526. The van der Waals surface area contributed by atoms with Crippen molar-refractivity contribution in [1.29, 1.82) is 0 Å². The number of benzene rings is 9. The molecule has 1 unspecified atom stereocenters. The summed E-state index contributed by atoms with van der Waals surface area (Å²) in [6, 6.07) is 65.4. The van der Waals surface area contributed by atoms with Gasteiger partial charge < -0.3 is 8.98 Å². The molecule has 12 aromatic rings. The summed E-state index contributed by atoms with van der Waals surface area (Å²) in [6.45, 7) is 2.29. The highest BCUT2D eigenvalue weighted by Crippen LogP contribution is 2.46. The normalized spacial score (nSPS) is 17.4.